The SMILES string of the molecule is C[C@H]1NCCO[C@@H]1c1ccc(Br)cc1. The van der Waals surface area contributed by atoms with Crippen LogP contribution in [0.4, 0.5) is 0 Å². The molecule has 1 aliphatic heterocycles. The Kier molecular flexibility index (Phi) is 3.21. The molecule has 0 unspecified atom stereocenters. The van der Waals surface area contributed by atoms with E-state index in [1.807, 2.05) is 0 Å². The van der Waals surface area contributed by atoms with Gasteiger partial charge in [-0.05, 0) is 24.6 Å². The van der Waals surface area contributed by atoms with Gasteiger partial charge >= 0.3 is 0 Å². The lowest BCUT2D eigenvalue weighted by molar-refractivity contribution is -0.000228. The molecule has 2 nitrogen and oxygen atoms in total. The first-order valence-electron chi connectivity index (χ1n) is 4.88. The summed E-state index contributed by atoms with van der Waals surface area (Å²) in [4.78, 5) is 0. The van der Waals surface area contributed by atoms with Crippen LogP contribution in [0.2, 0.25) is 0 Å². The summed E-state index contributed by atoms with van der Waals surface area (Å²) >= 11 is 3.43. The van der Waals surface area contributed by atoms with Crippen LogP contribution in [0.3, 0.4) is 0 Å². The van der Waals surface area contributed by atoms with E-state index in [1.54, 1.807) is 0 Å². The second kappa shape index (κ2) is 4.43. The zero-order valence-corrected chi connectivity index (χ0v) is 9.75. The number of benzene rings is 1. The van der Waals surface area contributed by atoms with Gasteiger partial charge in [0, 0.05) is 17.1 Å². The van der Waals surface area contributed by atoms with Crippen LogP contribution >= 0.6 is 15.9 Å². The molecule has 0 saturated carbocycles. The lowest BCUT2D eigenvalue weighted by Crippen LogP contribution is -2.41. The maximum Gasteiger partial charge on any atom is 0.0975 e. The molecule has 3 heteroatoms. The van der Waals surface area contributed by atoms with Crippen molar-refractivity contribution in [3.8, 4) is 0 Å². The molecule has 1 N–H and O–H groups in total. The van der Waals surface area contributed by atoms with Gasteiger partial charge in [-0.2, -0.15) is 0 Å². The van der Waals surface area contributed by atoms with Crippen LogP contribution in [-0.4, -0.2) is 19.2 Å². The first-order chi connectivity index (χ1) is 6.77. The van der Waals surface area contributed by atoms with E-state index >= 15 is 0 Å². The van der Waals surface area contributed by atoms with Crippen LogP contribution in [0.5, 0.6) is 0 Å². The Morgan fingerprint density at radius 2 is 2.07 bits per heavy atom. The van der Waals surface area contributed by atoms with Crippen molar-refractivity contribution in [1.29, 1.82) is 0 Å². The monoisotopic (exact) mass is 255 g/mol. The predicted octanol–water partition coefficient (Wildman–Crippen LogP) is 2.50. The molecule has 2 rings (SSSR count). The van der Waals surface area contributed by atoms with Gasteiger partial charge < -0.3 is 10.1 Å². The van der Waals surface area contributed by atoms with Crippen molar-refractivity contribution in [1.82, 2.24) is 5.32 Å². The van der Waals surface area contributed by atoms with E-state index in [2.05, 4.69) is 52.4 Å². The zero-order valence-electron chi connectivity index (χ0n) is 8.16. The summed E-state index contributed by atoms with van der Waals surface area (Å²) in [5.74, 6) is 0. The summed E-state index contributed by atoms with van der Waals surface area (Å²) in [6.45, 7) is 3.91. The fourth-order valence-electron chi connectivity index (χ4n) is 1.76. The van der Waals surface area contributed by atoms with E-state index in [-0.39, 0.29) is 6.10 Å². The topological polar surface area (TPSA) is 21.3 Å². The minimum Gasteiger partial charge on any atom is -0.371 e. The van der Waals surface area contributed by atoms with Crippen LogP contribution in [0.25, 0.3) is 0 Å². The third-order valence-corrected chi connectivity index (χ3v) is 3.05. The smallest absolute Gasteiger partial charge is 0.0975 e. The number of nitrogens with one attached hydrogen (secondary N) is 1. The summed E-state index contributed by atoms with van der Waals surface area (Å²) in [5.41, 5.74) is 1.24. The molecule has 0 radical (unpaired) electrons. The molecule has 1 fully saturated rings. The van der Waals surface area contributed by atoms with Crippen LogP contribution in [-0.2, 0) is 4.74 Å². The van der Waals surface area contributed by atoms with E-state index < -0.39 is 0 Å². The Balaban J connectivity index is 2.16. The number of hydrogen-bond donors (Lipinski definition) is 1. The molecule has 0 aliphatic carbocycles. The van der Waals surface area contributed by atoms with E-state index in [0.29, 0.717) is 6.04 Å². The second-order valence-corrected chi connectivity index (χ2v) is 4.50. The Labute approximate surface area is 92.8 Å². The molecular formula is C11H14BrNO. The summed E-state index contributed by atoms with van der Waals surface area (Å²) in [6.07, 6.45) is 0.192. The average Bonchev–Trinajstić information content (AvgIpc) is 2.20. The third kappa shape index (κ3) is 2.16. The van der Waals surface area contributed by atoms with Gasteiger partial charge in [0.15, 0.2) is 0 Å². The number of morpholine rings is 1. The second-order valence-electron chi connectivity index (χ2n) is 3.59. The predicted molar refractivity (Wildman–Crippen MR) is 60.3 cm³/mol. The van der Waals surface area contributed by atoms with Crippen molar-refractivity contribution in [3.05, 3.63) is 34.3 Å². The summed E-state index contributed by atoms with van der Waals surface area (Å²) < 4.78 is 6.85. The Morgan fingerprint density at radius 3 is 2.71 bits per heavy atom. The van der Waals surface area contributed by atoms with Crippen LogP contribution in [0, 0.1) is 0 Å². The van der Waals surface area contributed by atoms with Crippen molar-refractivity contribution in [2.75, 3.05) is 13.2 Å². The summed E-state index contributed by atoms with van der Waals surface area (Å²) in [6, 6.07) is 8.72. The third-order valence-electron chi connectivity index (χ3n) is 2.52. The van der Waals surface area contributed by atoms with Crippen molar-refractivity contribution in [2.45, 2.75) is 19.1 Å². The van der Waals surface area contributed by atoms with Crippen LogP contribution in [0.1, 0.15) is 18.6 Å². The normalized spacial score (nSPS) is 27.6. The lowest BCUT2D eigenvalue weighted by atomic mass is 10.0. The molecule has 0 spiro atoms. The molecule has 2 atom stereocenters. The van der Waals surface area contributed by atoms with Crippen molar-refractivity contribution in [3.63, 3.8) is 0 Å². The highest BCUT2D eigenvalue weighted by Crippen LogP contribution is 2.24. The molecule has 1 aromatic rings. The molecule has 0 bridgehead atoms. The van der Waals surface area contributed by atoms with Gasteiger partial charge in [0.25, 0.3) is 0 Å². The van der Waals surface area contributed by atoms with Crippen molar-refractivity contribution in [2.24, 2.45) is 0 Å². The van der Waals surface area contributed by atoms with Crippen molar-refractivity contribution < 1.29 is 4.74 Å². The Bertz CT molecular complexity index is 299. The minimum atomic E-state index is 0.192. The largest absolute Gasteiger partial charge is 0.371 e. The van der Waals surface area contributed by atoms with E-state index in [9.17, 15) is 0 Å². The Hall–Kier alpha value is -0.380. The molecule has 0 aromatic heterocycles. The van der Waals surface area contributed by atoms with Gasteiger partial charge in [-0.3, -0.25) is 0 Å². The molecule has 14 heavy (non-hydrogen) atoms. The quantitative estimate of drug-likeness (QED) is 0.833. The molecule has 0 amide bonds. The van der Waals surface area contributed by atoms with Gasteiger partial charge in [0.1, 0.15) is 0 Å². The first-order valence-corrected chi connectivity index (χ1v) is 5.67. The molecule has 1 heterocycles. The molecular weight excluding hydrogens is 242 g/mol. The lowest BCUT2D eigenvalue weighted by Gasteiger charge is -2.30. The fraction of sp³-hybridized carbons (Fsp3) is 0.455. The van der Waals surface area contributed by atoms with Crippen LogP contribution in [0.15, 0.2) is 28.7 Å². The fourth-order valence-corrected chi connectivity index (χ4v) is 2.03. The standard InChI is InChI=1S/C11H14BrNO/c1-8-11(14-7-6-13-8)9-2-4-10(12)5-3-9/h2-5,8,11,13H,6-7H2,1H3/t8-,11+/m1/s1. The van der Waals surface area contributed by atoms with Gasteiger partial charge in [0.2, 0.25) is 0 Å². The maximum atomic E-state index is 5.74. The highest BCUT2D eigenvalue weighted by Gasteiger charge is 2.22. The van der Waals surface area contributed by atoms with E-state index in [4.69, 9.17) is 4.74 Å². The number of halogens is 1. The molecule has 1 aliphatic rings. The molecule has 1 aromatic carbocycles. The number of rotatable bonds is 1. The van der Waals surface area contributed by atoms with Gasteiger partial charge in [-0.25, -0.2) is 0 Å². The molecule has 76 valence electrons. The summed E-state index contributed by atoms with van der Waals surface area (Å²) in [5, 5.41) is 3.41. The highest BCUT2D eigenvalue weighted by molar-refractivity contribution is 9.10. The zero-order chi connectivity index (χ0) is 9.97. The van der Waals surface area contributed by atoms with Crippen molar-refractivity contribution >= 4 is 15.9 Å². The van der Waals surface area contributed by atoms with Crippen LogP contribution < -0.4 is 5.32 Å². The first kappa shape index (κ1) is 10.1. The average molecular weight is 256 g/mol. The minimum absolute atomic E-state index is 0.192. The Morgan fingerprint density at radius 1 is 1.36 bits per heavy atom. The maximum absolute atomic E-state index is 5.74. The number of ether oxygens (including phenoxy) is 1. The van der Waals surface area contributed by atoms with Gasteiger partial charge in [0.05, 0.1) is 12.7 Å². The van der Waals surface area contributed by atoms with Gasteiger partial charge in [-0.15, -0.1) is 0 Å². The highest BCUT2D eigenvalue weighted by atomic mass is 79.9. The molecule has 1 saturated heterocycles. The summed E-state index contributed by atoms with van der Waals surface area (Å²) in [7, 11) is 0. The number of hydrogen-bond acceptors (Lipinski definition) is 2. The van der Waals surface area contributed by atoms with E-state index in [0.717, 1.165) is 17.6 Å². The van der Waals surface area contributed by atoms with E-state index in [1.165, 1.54) is 5.56 Å². The van der Waals surface area contributed by atoms with Gasteiger partial charge in [-0.1, -0.05) is 28.1 Å².